The van der Waals surface area contributed by atoms with Gasteiger partial charge in [0.15, 0.2) is 5.96 Å². The van der Waals surface area contributed by atoms with Gasteiger partial charge in [-0.15, -0.1) is 0 Å². The number of nitro groups is 1. The lowest BCUT2D eigenvalue weighted by Gasteiger charge is -2.11. The standard InChI is InChI=1S/C17H22N4O3/c1-2-3-10-18-17(20-13-16-5-4-11-24-16)19-12-14-6-8-15(9-7-14)21(22)23/h4-9,11H,2-3,10,12-13H2,1H3,(H2,18,19,20). The third-order valence-electron chi connectivity index (χ3n) is 3.40. The number of aliphatic imine (C=N–C) groups is 1. The van der Waals surface area contributed by atoms with Gasteiger partial charge in [0.1, 0.15) is 5.76 Å². The van der Waals surface area contributed by atoms with Gasteiger partial charge in [0, 0.05) is 18.7 Å². The smallest absolute Gasteiger partial charge is 0.269 e. The lowest BCUT2D eigenvalue weighted by Crippen LogP contribution is -2.37. The van der Waals surface area contributed by atoms with Crippen LogP contribution in [0.25, 0.3) is 0 Å². The van der Waals surface area contributed by atoms with E-state index < -0.39 is 4.92 Å². The number of nitrogens with one attached hydrogen (secondary N) is 2. The highest BCUT2D eigenvalue weighted by Gasteiger charge is 2.04. The van der Waals surface area contributed by atoms with Gasteiger partial charge in [-0.3, -0.25) is 10.1 Å². The zero-order valence-electron chi connectivity index (χ0n) is 13.7. The molecule has 0 saturated heterocycles. The van der Waals surface area contributed by atoms with E-state index in [1.54, 1.807) is 18.4 Å². The van der Waals surface area contributed by atoms with Crippen LogP contribution in [0.15, 0.2) is 52.1 Å². The van der Waals surface area contributed by atoms with Crippen LogP contribution in [0.1, 0.15) is 31.1 Å². The third-order valence-corrected chi connectivity index (χ3v) is 3.40. The van der Waals surface area contributed by atoms with Crippen LogP contribution in [-0.2, 0) is 13.1 Å². The number of hydrogen-bond donors (Lipinski definition) is 2. The average molecular weight is 330 g/mol. The summed E-state index contributed by atoms with van der Waals surface area (Å²) in [4.78, 5) is 14.8. The fourth-order valence-corrected chi connectivity index (χ4v) is 2.04. The molecule has 0 aliphatic carbocycles. The van der Waals surface area contributed by atoms with E-state index in [-0.39, 0.29) is 5.69 Å². The highest BCUT2D eigenvalue weighted by atomic mass is 16.6. The second kappa shape index (κ2) is 9.34. The molecule has 2 rings (SSSR count). The maximum absolute atomic E-state index is 10.7. The van der Waals surface area contributed by atoms with Gasteiger partial charge in [-0.1, -0.05) is 25.5 Å². The number of hydrogen-bond acceptors (Lipinski definition) is 4. The maximum atomic E-state index is 10.7. The molecule has 24 heavy (non-hydrogen) atoms. The number of unbranched alkanes of at least 4 members (excludes halogenated alkanes) is 1. The number of guanidine groups is 1. The first-order chi connectivity index (χ1) is 11.7. The van der Waals surface area contributed by atoms with Crippen molar-refractivity contribution in [3.8, 4) is 0 Å². The molecule has 2 aromatic rings. The Morgan fingerprint density at radius 2 is 2.04 bits per heavy atom. The summed E-state index contributed by atoms with van der Waals surface area (Å²) in [6.45, 7) is 3.95. The van der Waals surface area contributed by atoms with Crippen LogP contribution in [0.4, 0.5) is 5.69 Å². The van der Waals surface area contributed by atoms with Crippen LogP contribution in [0.5, 0.6) is 0 Å². The van der Waals surface area contributed by atoms with Gasteiger partial charge in [0.25, 0.3) is 5.69 Å². The number of furan rings is 1. The summed E-state index contributed by atoms with van der Waals surface area (Å²) in [5, 5.41) is 17.2. The Kier molecular flexibility index (Phi) is 6.82. The Labute approximate surface area is 140 Å². The predicted octanol–water partition coefficient (Wildman–Crippen LogP) is 3.22. The number of nitrogens with zero attached hydrogens (tertiary/aromatic N) is 2. The van der Waals surface area contributed by atoms with E-state index in [0.717, 1.165) is 30.7 Å². The zero-order valence-corrected chi connectivity index (χ0v) is 13.7. The minimum Gasteiger partial charge on any atom is -0.467 e. The molecule has 7 heteroatoms. The molecule has 0 radical (unpaired) electrons. The van der Waals surface area contributed by atoms with Crippen molar-refractivity contribution < 1.29 is 9.34 Å². The number of benzene rings is 1. The normalized spacial score (nSPS) is 11.3. The Morgan fingerprint density at radius 3 is 2.67 bits per heavy atom. The quantitative estimate of drug-likeness (QED) is 0.255. The first-order valence-electron chi connectivity index (χ1n) is 7.97. The maximum Gasteiger partial charge on any atom is 0.269 e. The molecule has 0 aliphatic rings. The molecule has 1 aromatic heterocycles. The zero-order chi connectivity index (χ0) is 17.2. The van der Waals surface area contributed by atoms with Gasteiger partial charge in [-0.25, -0.2) is 4.99 Å². The molecule has 7 nitrogen and oxygen atoms in total. The Hall–Kier alpha value is -2.83. The van der Waals surface area contributed by atoms with Crippen LogP contribution in [0, 0.1) is 10.1 Å². The van der Waals surface area contributed by atoms with E-state index in [1.165, 1.54) is 12.1 Å². The molecule has 1 heterocycles. The molecule has 0 spiro atoms. The van der Waals surface area contributed by atoms with Crippen molar-refractivity contribution in [1.82, 2.24) is 10.6 Å². The monoisotopic (exact) mass is 330 g/mol. The molecule has 2 N–H and O–H groups in total. The van der Waals surface area contributed by atoms with Gasteiger partial charge in [-0.2, -0.15) is 0 Å². The molecule has 0 aliphatic heterocycles. The fraction of sp³-hybridized carbons (Fsp3) is 0.353. The molecule has 128 valence electrons. The summed E-state index contributed by atoms with van der Waals surface area (Å²) in [6, 6.07) is 10.2. The highest BCUT2D eigenvalue weighted by Crippen LogP contribution is 2.12. The third kappa shape index (κ3) is 5.75. The van der Waals surface area contributed by atoms with E-state index in [0.29, 0.717) is 19.0 Å². The summed E-state index contributed by atoms with van der Waals surface area (Å²) in [6.07, 6.45) is 3.79. The predicted molar refractivity (Wildman–Crippen MR) is 92.7 cm³/mol. The highest BCUT2D eigenvalue weighted by molar-refractivity contribution is 5.79. The van der Waals surface area contributed by atoms with Crippen molar-refractivity contribution in [3.63, 3.8) is 0 Å². The van der Waals surface area contributed by atoms with E-state index >= 15 is 0 Å². The fourth-order valence-electron chi connectivity index (χ4n) is 2.04. The van der Waals surface area contributed by atoms with Crippen LogP contribution in [0.2, 0.25) is 0 Å². The molecular formula is C17H22N4O3. The van der Waals surface area contributed by atoms with Crippen LogP contribution < -0.4 is 10.6 Å². The summed E-state index contributed by atoms with van der Waals surface area (Å²) in [5.74, 6) is 1.52. The summed E-state index contributed by atoms with van der Waals surface area (Å²) < 4.78 is 5.30. The van der Waals surface area contributed by atoms with E-state index in [1.807, 2.05) is 12.1 Å². The van der Waals surface area contributed by atoms with Crippen molar-refractivity contribution in [3.05, 3.63) is 64.1 Å². The minimum atomic E-state index is -0.407. The van der Waals surface area contributed by atoms with Crippen molar-refractivity contribution in [2.75, 3.05) is 6.54 Å². The van der Waals surface area contributed by atoms with Crippen molar-refractivity contribution >= 4 is 11.6 Å². The number of rotatable bonds is 8. The summed E-state index contributed by atoms with van der Waals surface area (Å²) in [5.41, 5.74) is 0.996. The lowest BCUT2D eigenvalue weighted by molar-refractivity contribution is -0.384. The molecule has 0 fully saturated rings. The second-order valence-corrected chi connectivity index (χ2v) is 5.30. The Balaban J connectivity index is 1.95. The first-order valence-corrected chi connectivity index (χ1v) is 7.97. The van der Waals surface area contributed by atoms with Gasteiger partial charge in [-0.05, 0) is 24.1 Å². The molecule has 0 atom stereocenters. The van der Waals surface area contributed by atoms with Crippen molar-refractivity contribution in [2.24, 2.45) is 4.99 Å². The van der Waals surface area contributed by atoms with Crippen molar-refractivity contribution in [2.45, 2.75) is 32.9 Å². The van der Waals surface area contributed by atoms with Gasteiger partial charge in [0.2, 0.25) is 0 Å². The van der Waals surface area contributed by atoms with Crippen LogP contribution in [-0.4, -0.2) is 17.4 Å². The molecule has 1 aromatic carbocycles. The molecule has 0 unspecified atom stereocenters. The SMILES string of the molecule is CCCCNC(=NCc1ccc([N+](=O)[O-])cc1)NCc1ccco1. The Morgan fingerprint density at radius 1 is 1.25 bits per heavy atom. The van der Waals surface area contributed by atoms with E-state index in [4.69, 9.17) is 4.42 Å². The van der Waals surface area contributed by atoms with E-state index in [2.05, 4.69) is 22.5 Å². The van der Waals surface area contributed by atoms with Crippen molar-refractivity contribution in [1.29, 1.82) is 0 Å². The molecule has 0 saturated carbocycles. The average Bonchev–Trinajstić information content (AvgIpc) is 3.11. The molecule has 0 bridgehead atoms. The van der Waals surface area contributed by atoms with Crippen LogP contribution in [0.3, 0.4) is 0 Å². The largest absolute Gasteiger partial charge is 0.467 e. The lowest BCUT2D eigenvalue weighted by atomic mass is 10.2. The van der Waals surface area contributed by atoms with Gasteiger partial charge >= 0.3 is 0 Å². The summed E-state index contributed by atoms with van der Waals surface area (Å²) in [7, 11) is 0. The number of non-ortho nitro benzene ring substituents is 1. The van der Waals surface area contributed by atoms with E-state index in [9.17, 15) is 10.1 Å². The minimum absolute atomic E-state index is 0.0833. The first kappa shape index (κ1) is 17.5. The summed E-state index contributed by atoms with van der Waals surface area (Å²) >= 11 is 0. The van der Waals surface area contributed by atoms with Gasteiger partial charge in [0.05, 0.1) is 24.3 Å². The Bertz CT molecular complexity index is 651. The molecular weight excluding hydrogens is 308 g/mol. The topological polar surface area (TPSA) is 92.7 Å². The number of nitro benzene ring substituents is 1. The molecule has 0 amide bonds. The van der Waals surface area contributed by atoms with Crippen LogP contribution >= 0.6 is 0 Å². The second-order valence-electron chi connectivity index (χ2n) is 5.30. The van der Waals surface area contributed by atoms with Gasteiger partial charge < -0.3 is 15.1 Å².